The third-order valence-corrected chi connectivity index (χ3v) is 3.22. The molecule has 0 saturated heterocycles. The van der Waals surface area contributed by atoms with Crippen molar-refractivity contribution in [2.24, 2.45) is 5.73 Å². The van der Waals surface area contributed by atoms with Crippen LogP contribution < -0.4 is 5.73 Å². The van der Waals surface area contributed by atoms with Crippen molar-refractivity contribution in [1.29, 1.82) is 0 Å². The van der Waals surface area contributed by atoms with E-state index in [0.717, 1.165) is 6.07 Å². The fourth-order valence-corrected chi connectivity index (χ4v) is 2.15. The van der Waals surface area contributed by atoms with E-state index < -0.39 is 23.5 Å². The van der Waals surface area contributed by atoms with E-state index in [-0.39, 0.29) is 24.1 Å². The Kier molecular flexibility index (Phi) is 4.77. The first-order chi connectivity index (χ1) is 10.1. The van der Waals surface area contributed by atoms with Gasteiger partial charge in [-0.05, 0) is 30.7 Å². The normalized spacial score (nSPS) is 12.2. The highest BCUT2D eigenvalue weighted by atomic mass is 19.2. The van der Waals surface area contributed by atoms with Gasteiger partial charge < -0.3 is 10.8 Å². The third-order valence-electron chi connectivity index (χ3n) is 3.22. The molecule has 0 radical (unpaired) electrons. The van der Waals surface area contributed by atoms with Crippen molar-refractivity contribution in [2.75, 3.05) is 6.54 Å². The highest BCUT2D eigenvalue weighted by Gasteiger charge is 2.24. The van der Waals surface area contributed by atoms with Crippen molar-refractivity contribution in [3.63, 3.8) is 0 Å². The number of halogens is 2. The molecular formula is C16H15F2NO2. The van der Waals surface area contributed by atoms with Gasteiger partial charge in [-0.1, -0.05) is 30.3 Å². The average molecular weight is 291 g/mol. The van der Waals surface area contributed by atoms with Crippen LogP contribution in [0.15, 0.2) is 42.5 Å². The van der Waals surface area contributed by atoms with Crippen LogP contribution in [-0.2, 0) is 6.42 Å². The van der Waals surface area contributed by atoms with E-state index in [1.165, 1.54) is 6.07 Å². The lowest BCUT2D eigenvalue weighted by atomic mass is 9.94. The van der Waals surface area contributed by atoms with E-state index in [9.17, 15) is 18.7 Å². The smallest absolute Gasteiger partial charge is 0.196 e. The molecule has 0 saturated carbocycles. The van der Waals surface area contributed by atoms with Crippen LogP contribution in [0.25, 0.3) is 0 Å². The Morgan fingerprint density at radius 1 is 1.14 bits per heavy atom. The van der Waals surface area contributed by atoms with Gasteiger partial charge in [0.25, 0.3) is 0 Å². The van der Waals surface area contributed by atoms with Gasteiger partial charge in [-0.3, -0.25) is 4.79 Å². The summed E-state index contributed by atoms with van der Waals surface area (Å²) in [6.45, 7) is 0.0715. The first-order valence-electron chi connectivity index (χ1n) is 6.50. The van der Waals surface area contributed by atoms with Crippen molar-refractivity contribution in [3.8, 4) is 0 Å². The van der Waals surface area contributed by atoms with Gasteiger partial charge in [0.05, 0.1) is 0 Å². The number of benzene rings is 2. The number of hydrogen-bond acceptors (Lipinski definition) is 3. The third kappa shape index (κ3) is 3.15. The predicted octanol–water partition coefficient (Wildman–Crippen LogP) is 2.38. The van der Waals surface area contributed by atoms with Crippen LogP contribution in [0.2, 0.25) is 0 Å². The summed E-state index contributed by atoms with van der Waals surface area (Å²) in [4.78, 5) is 12.3. The molecule has 0 heterocycles. The molecule has 0 bridgehead atoms. The minimum atomic E-state index is -1.42. The molecule has 3 nitrogen and oxygen atoms in total. The summed E-state index contributed by atoms with van der Waals surface area (Å²) in [6.07, 6.45) is -1.40. The molecule has 0 aliphatic rings. The number of hydrogen-bond donors (Lipinski definition) is 2. The molecule has 3 N–H and O–H groups in total. The molecule has 2 rings (SSSR count). The van der Waals surface area contributed by atoms with Gasteiger partial charge in [0.2, 0.25) is 0 Å². The molecule has 0 amide bonds. The molecule has 21 heavy (non-hydrogen) atoms. The second-order valence-electron chi connectivity index (χ2n) is 4.60. The molecule has 0 fully saturated rings. The Balaban J connectivity index is 2.41. The van der Waals surface area contributed by atoms with Gasteiger partial charge in [-0.2, -0.15) is 0 Å². The summed E-state index contributed by atoms with van der Waals surface area (Å²) in [6, 6.07) is 10.3. The second-order valence-corrected chi connectivity index (χ2v) is 4.60. The fraction of sp³-hybridized carbons (Fsp3) is 0.188. The van der Waals surface area contributed by atoms with Crippen LogP contribution in [0, 0.1) is 11.6 Å². The van der Waals surface area contributed by atoms with Gasteiger partial charge in [-0.15, -0.1) is 0 Å². The molecule has 2 aromatic rings. The quantitative estimate of drug-likeness (QED) is 0.831. The van der Waals surface area contributed by atoms with Crippen LogP contribution in [0.5, 0.6) is 0 Å². The predicted molar refractivity (Wildman–Crippen MR) is 74.8 cm³/mol. The lowest BCUT2D eigenvalue weighted by Gasteiger charge is -2.14. The van der Waals surface area contributed by atoms with Gasteiger partial charge >= 0.3 is 0 Å². The zero-order valence-corrected chi connectivity index (χ0v) is 11.2. The second kappa shape index (κ2) is 6.56. The summed E-state index contributed by atoms with van der Waals surface area (Å²) in [5.74, 6) is -2.81. The number of aliphatic hydroxyl groups excluding tert-OH is 1. The Bertz CT molecular complexity index is 644. The minimum Gasteiger partial charge on any atom is -0.380 e. The Hall–Kier alpha value is -2.11. The lowest BCUT2D eigenvalue weighted by molar-refractivity contribution is 0.0745. The Labute approximate surface area is 121 Å². The van der Waals surface area contributed by atoms with Crippen LogP contribution in [0.1, 0.15) is 27.6 Å². The highest BCUT2D eigenvalue weighted by Crippen LogP contribution is 2.24. The van der Waals surface area contributed by atoms with E-state index in [0.29, 0.717) is 5.56 Å². The number of carbonyl (C=O) groups excluding carboxylic acids is 1. The fourth-order valence-electron chi connectivity index (χ4n) is 2.15. The Morgan fingerprint density at radius 3 is 2.43 bits per heavy atom. The van der Waals surface area contributed by atoms with Crippen molar-refractivity contribution in [2.45, 2.75) is 12.5 Å². The van der Waals surface area contributed by atoms with E-state index >= 15 is 0 Å². The maximum atomic E-state index is 13.8. The monoisotopic (exact) mass is 291 g/mol. The van der Waals surface area contributed by atoms with Gasteiger partial charge in [0.1, 0.15) is 6.10 Å². The number of Topliss-reactive ketones (excluding diaryl/α,β-unsaturated/α-hetero) is 1. The first-order valence-corrected chi connectivity index (χ1v) is 6.50. The van der Waals surface area contributed by atoms with Crippen molar-refractivity contribution in [3.05, 3.63) is 70.8 Å². The zero-order valence-electron chi connectivity index (χ0n) is 11.2. The number of ketones is 1. The van der Waals surface area contributed by atoms with Gasteiger partial charge in [0, 0.05) is 11.1 Å². The van der Waals surface area contributed by atoms with Crippen molar-refractivity contribution >= 4 is 5.78 Å². The summed E-state index contributed by atoms with van der Waals surface area (Å²) in [5.41, 5.74) is 5.62. The topological polar surface area (TPSA) is 63.3 Å². The molecule has 0 spiro atoms. The number of carbonyl (C=O) groups is 1. The van der Waals surface area contributed by atoms with Crippen molar-refractivity contribution < 1.29 is 18.7 Å². The number of aliphatic hydroxyl groups is 1. The van der Waals surface area contributed by atoms with Crippen molar-refractivity contribution in [1.82, 2.24) is 0 Å². The lowest BCUT2D eigenvalue weighted by Crippen LogP contribution is -2.17. The summed E-state index contributed by atoms with van der Waals surface area (Å²) in [5, 5.41) is 10.1. The van der Waals surface area contributed by atoms with Crippen LogP contribution in [0.3, 0.4) is 0 Å². The Morgan fingerprint density at radius 2 is 1.81 bits per heavy atom. The minimum absolute atomic E-state index is 0.0200. The SMILES string of the molecule is NCCc1c(C(=O)C(O)c2ccccc2)ccc(F)c1F. The van der Waals surface area contributed by atoms with E-state index in [1.807, 2.05) is 0 Å². The van der Waals surface area contributed by atoms with Crippen LogP contribution in [-0.4, -0.2) is 17.4 Å². The molecule has 5 heteroatoms. The highest BCUT2D eigenvalue weighted by molar-refractivity contribution is 6.01. The molecule has 2 aromatic carbocycles. The maximum Gasteiger partial charge on any atom is 0.196 e. The van der Waals surface area contributed by atoms with Gasteiger partial charge in [0.15, 0.2) is 17.4 Å². The van der Waals surface area contributed by atoms with Crippen LogP contribution >= 0.6 is 0 Å². The molecule has 0 aliphatic carbocycles. The number of rotatable bonds is 5. The molecular weight excluding hydrogens is 276 g/mol. The summed E-state index contributed by atoms with van der Waals surface area (Å²) >= 11 is 0. The summed E-state index contributed by atoms with van der Waals surface area (Å²) in [7, 11) is 0. The standard InChI is InChI=1S/C16H15F2NO2/c17-13-7-6-12(11(8-9-19)14(13)18)16(21)15(20)10-4-2-1-3-5-10/h1-7,15,20H,8-9,19H2. The molecule has 1 atom stereocenters. The molecule has 110 valence electrons. The zero-order chi connectivity index (χ0) is 15.4. The molecule has 0 aliphatic heterocycles. The first kappa shape index (κ1) is 15.3. The molecule has 0 aromatic heterocycles. The van der Waals surface area contributed by atoms with Crippen LogP contribution in [0.4, 0.5) is 8.78 Å². The van der Waals surface area contributed by atoms with E-state index in [1.54, 1.807) is 30.3 Å². The summed E-state index contributed by atoms with van der Waals surface area (Å²) < 4.78 is 27.1. The van der Waals surface area contributed by atoms with Gasteiger partial charge in [-0.25, -0.2) is 8.78 Å². The van der Waals surface area contributed by atoms with E-state index in [2.05, 4.69) is 0 Å². The van der Waals surface area contributed by atoms with E-state index in [4.69, 9.17) is 5.73 Å². The molecule has 1 unspecified atom stereocenters. The largest absolute Gasteiger partial charge is 0.380 e. The number of nitrogens with two attached hydrogens (primary N) is 1. The average Bonchev–Trinajstić information content (AvgIpc) is 2.52. The maximum absolute atomic E-state index is 13.8.